The van der Waals surface area contributed by atoms with Gasteiger partial charge in [0, 0.05) is 5.38 Å². The molecule has 0 bridgehead atoms. The highest BCUT2D eigenvalue weighted by Crippen LogP contribution is 2.16. The van der Waals surface area contributed by atoms with Gasteiger partial charge in [-0.3, -0.25) is 5.43 Å². The third kappa shape index (κ3) is 4.74. The van der Waals surface area contributed by atoms with Gasteiger partial charge in [0.2, 0.25) is 5.13 Å². The fourth-order valence-electron chi connectivity index (χ4n) is 2.16. The van der Waals surface area contributed by atoms with Gasteiger partial charge in [-0.15, -0.1) is 11.3 Å². The molecule has 1 heterocycles. The van der Waals surface area contributed by atoms with Crippen molar-refractivity contribution in [3.8, 4) is 5.75 Å². The average molecular weight is 351 g/mol. The molecule has 0 atom stereocenters. The molecule has 0 spiro atoms. The number of anilines is 1. The van der Waals surface area contributed by atoms with E-state index >= 15 is 0 Å². The minimum Gasteiger partial charge on any atom is -0.423 e. The van der Waals surface area contributed by atoms with Crippen molar-refractivity contribution < 1.29 is 9.53 Å². The smallest absolute Gasteiger partial charge is 0.343 e. The van der Waals surface area contributed by atoms with Crippen LogP contribution in [0.1, 0.15) is 27.2 Å². The lowest BCUT2D eigenvalue weighted by Gasteiger charge is -2.05. The Balaban J connectivity index is 1.65. The molecule has 0 aliphatic carbocycles. The molecule has 0 saturated carbocycles. The lowest BCUT2D eigenvalue weighted by atomic mass is 10.1. The first-order valence-corrected chi connectivity index (χ1v) is 8.58. The van der Waals surface area contributed by atoms with Crippen molar-refractivity contribution in [1.82, 2.24) is 4.98 Å². The topological polar surface area (TPSA) is 63.6 Å². The van der Waals surface area contributed by atoms with Gasteiger partial charge in [0.25, 0.3) is 0 Å². The summed E-state index contributed by atoms with van der Waals surface area (Å²) in [4.78, 5) is 16.5. The quantitative estimate of drug-likeness (QED) is 0.320. The zero-order valence-electron chi connectivity index (χ0n) is 13.9. The maximum Gasteiger partial charge on any atom is 0.343 e. The number of thiazole rings is 1. The first-order chi connectivity index (χ1) is 12.1. The second-order valence-corrected chi connectivity index (χ2v) is 6.35. The van der Waals surface area contributed by atoms with Crippen molar-refractivity contribution in [3.63, 3.8) is 0 Å². The molecular formula is C19H17N3O2S. The fourth-order valence-corrected chi connectivity index (χ4v) is 2.80. The van der Waals surface area contributed by atoms with Gasteiger partial charge >= 0.3 is 5.97 Å². The van der Waals surface area contributed by atoms with Crippen LogP contribution in [0.3, 0.4) is 0 Å². The van der Waals surface area contributed by atoms with Crippen LogP contribution in [0.2, 0.25) is 0 Å². The number of aromatic nitrogens is 1. The highest BCUT2D eigenvalue weighted by atomic mass is 32.1. The molecule has 0 radical (unpaired) electrons. The van der Waals surface area contributed by atoms with E-state index in [1.807, 2.05) is 43.5 Å². The minimum absolute atomic E-state index is 0.380. The lowest BCUT2D eigenvalue weighted by Crippen LogP contribution is -2.08. The molecule has 0 aliphatic heterocycles. The Morgan fingerprint density at radius 2 is 2.04 bits per heavy atom. The van der Waals surface area contributed by atoms with Crippen LogP contribution < -0.4 is 10.2 Å². The summed E-state index contributed by atoms with van der Waals surface area (Å²) < 4.78 is 5.43. The monoisotopic (exact) mass is 351 g/mol. The van der Waals surface area contributed by atoms with Gasteiger partial charge in [-0.05, 0) is 43.7 Å². The zero-order valence-corrected chi connectivity index (χ0v) is 14.7. The van der Waals surface area contributed by atoms with Crippen molar-refractivity contribution >= 4 is 28.7 Å². The van der Waals surface area contributed by atoms with Gasteiger partial charge in [-0.2, -0.15) is 5.10 Å². The van der Waals surface area contributed by atoms with Crippen LogP contribution in [-0.2, 0) is 0 Å². The van der Waals surface area contributed by atoms with E-state index in [0.29, 0.717) is 11.3 Å². The molecule has 3 aromatic rings. The predicted molar refractivity (Wildman–Crippen MR) is 101 cm³/mol. The van der Waals surface area contributed by atoms with Gasteiger partial charge < -0.3 is 4.74 Å². The number of nitrogens with zero attached hydrogens (tertiary/aromatic N) is 2. The van der Waals surface area contributed by atoms with Crippen LogP contribution in [0.5, 0.6) is 5.75 Å². The van der Waals surface area contributed by atoms with Crippen molar-refractivity contribution in [2.75, 3.05) is 5.43 Å². The number of aryl methyl sites for hydroxylation is 2. The largest absolute Gasteiger partial charge is 0.423 e. The summed E-state index contributed by atoms with van der Waals surface area (Å²) in [6, 6.07) is 14.5. The molecule has 3 rings (SSSR count). The Kier molecular flexibility index (Phi) is 5.20. The van der Waals surface area contributed by atoms with Crippen LogP contribution in [0.15, 0.2) is 59.0 Å². The third-order valence-corrected chi connectivity index (χ3v) is 4.18. The third-order valence-electron chi connectivity index (χ3n) is 3.32. The molecule has 6 heteroatoms. The van der Waals surface area contributed by atoms with E-state index in [1.165, 1.54) is 11.3 Å². The molecule has 0 fully saturated rings. The number of ether oxygens (including phenoxy) is 1. The van der Waals surface area contributed by atoms with Crippen LogP contribution in [-0.4, -0.2) is 17.2 Å². The number of rotatable bonds is 5. The summed E-state index contributed by atoms with van der Waals surface area (Å²) in [6.45, 7) is 3.86. The first-order valence-electron chi connectivity index (χ1n) is 7.70. The molecule has 126 valence electrons. The number of carbonyl (C=O) groups is 1. The summed E-state index contributed by atoms with van der Waals surface area (Å²) in [6.07, 6.45) is 1.65. The Morgan fingerprint density at radius 1 is 1.20 bits per heavy atom. The Hall–Kier alpha value is -2.99. The van der Waals surface area contributed by atoms with Crippen LogP contribution in [0.25, 0.3) is 0 Å². The highest BCUT2D eigenvalue weighted by molar-refractivity contribution is 7.13. The molecule has 25 heavy (non-hydrogen) atoms. The van der Waals surface area contributed by atoms with E-state index in [1.54, 1.807) is 30.5 Å². The van der Waals surface area contributed by atoms with E-state index in [2.05, 4.69) is 15.5 Å². The van der Waals surface area contributed by atoms with Crippen LogP contribution in [0.4, 0.5) is 5.13 Å². The summed E-state index contributed by atoms with van der Waals surface area (Å²) in [5.74, 6) is 0.0923. The normalized spacial score (nSPS) is 10.8. The minimum atomic E-state index is -0.380. The molecule has 1 N–H and O–H groups in total. The van der Waals surface area contributed by atoms with Gasteiger partial charge in [-0.25, -0.2) is 9.78 Å². The predicted octanol–water partition coefficient (Wildman–Crippen LogP) is 4.43. The average Bonchev–Trinajstić information content (AvgIpc) is 3.00. The van der Waals surface area contributed by atoms with Gasteiger partial charge in [0.1, 0.15) is 5.75 Å². The van der Waals surface area contributed by atoms with Crippen molar-refractivity contribution in [3.05, 3.63) is 76.3 Å². The zero-order chi connectivity index (χ0) is 17.6. The summed E-state index contributed by atoms with van der Waals surface area (Å²) in [5.41, 5.74) is 6.18. The molecular weight excluding hydrogens is 334 g/mol. The first kappa shape index (κ1) is 16.9. The second-order valence-electron chi connectivity index (χ2n) is 5.50. The second kappa shape index (κ2) is 7.72. The van der Waals surface area contributed by atoms with Crippen LogP contribution >= 0.6 is 11.3 Å². The van der Waals surface area contributed by atoms with E-state index in [4.69, 9.17) is 4.74 Å². The van der Waals surface area contributed by atoms with Gasteiger partial charge in [-0.1, -0.05) is 29.8 Å². The number of benzene rings is 2. The fraction of sp³-hybridized carbons (Fsp3) is 0.105. The summed E-state index contributed by atoms with van der Waals surface area (Å²) >= 11 is 1.49. The number of hydrazone groups is 1. The summed E-state index contributed by atoms with van der Waals surface area (Å²) in [7, 11) is 0. The number of nitrogens with one attached hydrogen (secondary N) is 1. The van der Waals surface area contributed by atoms with Gasteiger partial charge in [0.15, 0.2) is 0 Å². The maximum atomic E-state index is 12.2. The molecule has 0 unspecified atom stereocenters. The Bertz CT molecular complexity index is 918. The molecule has 0 aliphatic rings. The number of hydrogen-bond donors (Lipinski definition) is 1. The standard InChI is InChI=1S/C19H17N3O2S/c1-13-5-3-7-16(9-13)18(23)24-17-8-4-6-15(10-17)11-20-22-19-21-14(2)12-25-19/h3-12H,1-2H3,(H,21,22). The van der Waals surface area contributed by atoms with E-state index in [-0.39, 0.29) is 5.97 Å². The maximum absolute atomic E-state index is 12.2. The Morgan fingerprint density at radius 3 is 2.80 bits per heavy atom. The van der Waals surface area contributed by atoms with Crippen LogP contribution in [0, 0.1) is 13.8 Å². The van der Waals surface area contributed by atoms with E-state index in [9.17, 15) is 4.79 Å². The van der Waals surface area contributed by atoms with Crippen molar-refractivity contribution in [2.45, 2.75) is 13.8 Å². The van der Waals surface area contributed by atoms with Crippen molar-refractivity contribution in [1.29, 1.82) is 0 Å². The number of carbonyl (C=O) groups excluding carboxylic acids is 1. The van der Waals surface area contributed by atoms with Crippen molar-refractivity contribution in [2.24, 2.45) is 5.10 Å². The molecule has 0 saturated heterocycles. The molecule has 1 aromatic heterocycles. The molecule has 2 aromatic carbocycles. The molecule has 0 amide bonds. The Labute approximate surface area is 150 Å². The summed E-state index contributed by atoms with van der Waals surface area (Å²) in [5, 5.41) is 6.83. The number of esters is 1. The van der Waals surface area contributed by atoms with E-state index < -0.39 is 0 Å². The van der Waals surface area contributed by atoms with Gasteiger partial charge in [0.05, 0.1) is 17.5 Å². The SMILES string of the molecule is Cc1cccc(C(=O)Oc2cccc(C=NNc3nc(C)cs3)c2)c1. The number of hydrogen-bond acceptors (Lipinski definition) is 6. The molecule has 5 nitrogen and oxygen atoms in total. The highest BCUT2D eigenvalue weighted by Gasteiger charge is 2.08. The van der Waals surface area contributed by atoms with E-state index in [0.717, 1.165) is 22.0 Å². The lowest BCUT2D eigenvalue weighted by molar-refractivity contribution is 0.0734.